The second-order valence-electron chi connectivity index (χ2n) is 11.0. The zero-order valence-electron chi connectivity index (χ0n) is 26.6. The van der Waals surface area contributed by atoms with Crippen molar-refractivity contribution in [1.29, 1.82) is 0 Å². The van der Waals surface area contributed by atoms with E-state index in [2.05, 4.69) is 42.5 Å². The van der Waals surface area contributed by atoms with Gasteiger partial charge in [0.2, 0.25) is 0 Å². The summed E-state index contributed by atoms with van der Waals surface area (Å²) in [5.41, 5.74) is 6.97. The Morgan fingerprint density at radius 1 is 0.617 bits per heavy atom. The summed E-state index contributed by atoms with van der Waals surface area (Å²) in [6.45, 7) is 4.68. The zero-order chi connectivity index (χ0) is 32.5. The number of methoxy groups -OCH3 is 1. The molecular formula is C38H38N2O7. The Morgan fingerprint density at radius 3 is 1.74 bits per heavy atom. The lowest BCUT2D eigenvalue weighted by Crippen LogP contribution is -2.29. The molecule has 9 heteroatoms. The van der Waals surface area contributed by atoms with Crippen LogP contribution in [-0.2, 0) is 29.2 Å². The quantitative estimate of drug-likeness (QED) is 0.0939. The topological polar surface area (TPSA) is 98.2 Å². The van der Waals surface area contributed by atoms with Gasteiger partial charge in [-0.25, -0.2) is 9.97 Å². The van der Waals surface area contributed by atoms with Crippen LogP contribution in [0.1, 0.15) is 29.3 Å². The van der Waals surface area contributed by atoms with Gasteiger partial charge < -0.3 is 28.4 Å². The number of carbonyl (C=O) groups is 1. The molecule has 47 heavy (non-hydrogen) atoms. The third kappa shape index (κ3) is 6.97. The molecule has 0 radical (unpaired) electrons. The van der Waals surface area contributed by atoms with E-state index in [1.54, 1.807) is 7.11 Å². The van der Waals surface area contributed by atoms with Gasteiger partial charge in [0, 0.05) is 19.6 Å². The Hall–Kier alpha value is -4.83. The molecule has 0 saturated carbocycles. The molecule has 242 valence electrons. The minimum absolute atomic E-state index is 0.226. The number of fused-ring (bicyclic) bond motifs is 4. The maximum Gasteiger partial charge on any atom is 0.302 e. The monoisotopic (exact) mass is 634 g/mol. The first-order valence-corrected chi connectivity index (χ1v) is 15.7. The number of esters is 1. The standard InChI is InChI=1S/C38H38N2O7/c1-27(41)45-24-21-44-23-26-47-31-17-13-29(14-18-31)38(28-11-15-30(16-12-28)46-25-22-43-20-19-42-2)33-8-4-3-7-32(33)36-37(38)40-35-10-6-5-9-34(35)39-36/h3-18H,19-26H2,1-2H3. The van der Waals surface area contributed by atoms with Gasteiger partial charge in [-0.3, -0.25) is 4.79 Å². The fraction of sp³-hybridized carbons (Fsp3) is 0.289. The number of rotatable bonds is 16. The molecule has 9 nitrogen and oxygen atoms in total. The highest BCUT2D eigenvalue weighted by molar-refractivity contribution is 5.87. The minimum atomic E-state index is -0.733. The lowest BCUT2D eigenvalue weighted by atomic mass is 9.69. The molecule has 1 unspecified atom stereocenters. The molecule has 0 fully saturated rings. The van der Waals surface area contributed by atoms with Crippen molar-refractivity contribution in [2.24, 2.45) is 0 Å². The summed E-state index contributed by atoms with van der Waals surface area (Å²) >= 11 is 0. The van der Waals surface area contributed by atoms with Crippen molar-refractivity contribution in [2.45, 2.75) is 12.3 Å². The van der Waals surface area contributed by atoms with E-state index in [1.807, 2.05) is 54.6 Å². The predicted molar refractivity (Wildman–Crippen MR) is 178 cm³/mol. The third-order valence-electron chi connectivity index (χ3n) is 8.04. The SMILES string of the molecule is COCCOCCOc1ccc(C2(c3ccc(OCCOCCOC(C)=O)cc3)c3ccccc3-c3nc4ccccc4nc32)cc1. The molecule has 5 aromatic rings. The summed E-state index contributed by atoms with van der Waals surface area (Å²) in [4.78, 5) is 21.4. The molecule has 1 aliphatic rings. The van der Waals surface area contributed by atoms with E-state index in [1.165, 1.54) is 6.92 Å². The molecule has 4 aromatic carbocycles. The smallest absolute Gasteiger partial charge is 0.302 e. The van der Waals surface area contributed by atoms with Crippen molar-refractivity contribution in [1.82, 2.24) is 9.97 Å². The molecule has 0 aliphatic heterocycles. The van der Waals surface area contributed by atoms with Crippen LogP contribution < -0.4 is 9.47 Å². The van der Waals surface area contributed by atoms with E-state index in [0.717, 1.165) is 56.2 Å². The van der Waals surface area contributed by atoms with E-state index in [4.69, 9.17) is 38.4 Å². The van der Waals surface area contributed by atoms with Crippen LogP contribution in [0.3, 0.4) is 0 Å². The third-order valence-corrected chi connectivity index (χ3v) is 8.04. The number of hydrogen-bond donors (Lipinski definition) is 0. The lowest BCUT2D eigenvalue weighted by Gasteiger charge is -2.32. The van der Waals surface area contributed by atoms with Gasteiger partial charge in [-0.2, -0.15) is 0 Å². The molecule has 0 N–H and O–H groups in total. The summed E-state index contributed by atoms with van der Waals surface area (Å²) < 4.78 is 33.0. The van der Waals surface area contributed by atoms with Crippen molar-refractivity contribution >= 4 is 17.0 Å². The molecule has 0 bridgehead atoms. The van der Waals surface area contributed by atoms with Crippen molar-refractivity contribution in [3.8, 4) is 22.8 Å². The van der Waals surface area contributed by atoms with E-state index in [9.17, 15) is 4.79 Å². The normalized spacial score (nSPS) is 14.9. The van der Waals surface area contributed by atoms with Crippen LogP contribution in [0.2, 0.25) is 0 Å². The average molecular weight is 635 g/mol. The molecule has 1 heterocycles. The van der Waals surface area contributed by atoms with Gasteiger partial charge in [0.15, 0.2) is 0 Å². The van der Waals surface area contributed by atoms with Crippen LogP contribution in [-0.4, -0.2) is 75.9 Å². The van der Waals surface area contributed by atoms with E-state index < -0.39 is 5.41 Å². The maximum absolute atomic E-state index is 10.9. The molecular weight excluding hydrogens is 596 g/mol. The summed E-state index contributed by atoms with van der Waals surface area (Å²) in [5.74, 6) is 1.16. The zero-order valence-corrected chi connectivity index (χ0v) is 26.6. The highest BCUT2D eigenvalue weighted by Gasteiger charge is 2.48. The van der Waals surface area contributed by atoms with Crippen LogP contribution in [0.25, 0.3) is 22.3 Å². The molecule has 0 amide bonds. The number of nitrogens with zero attached hydrogens (tertiary/aromatic N) is 2. The number of ether oxygens (including phenoxy) is 6. The first-order chi connectivity index (χ1) is 23.1. The highest BCUT2D eigenvalue weighted by atomic mass is 16.6. The fourth-order valence-electron chi connectivity index (χ4n) is 5.97. The molecule has 1 aromatic heterocycles. The summed E-state index contributed by atoms with van der Waals surface area (Å²) in [6, 6.07) is 32.8. The largest absolute Gasteiger partial charge is 0.491 e. The molecule has 0 saturated heterocycles. The number of hydrogen-bond acceptors (Lipinski definition) is 9. The van der Waals surface area contributed by atoms with E-state index in [0.29, 0.717) is 46.2 Å². The van der Waals surface area contributed by atoms with Crippen molar-refractivity contribution in [3.05, 3.63) is 119 Å². The number of carbonyl (C=O) groups excluding carboxylic acids is 1. The van der Waals surface area contributed by atoms with Gasteiger partial charge in [-0.1, -0.05) is 60.7 Å². The van der Waals surface area contributed by atoms with Gasteiger partial charge in [-0.05, 0) is 53.1 Å². The van der Waals surface area contributed by atoms with Gasteiger partial charge in [0.1, 0.15) is 31.3 Å². The van der Waals surface area contributed by atoms with Crippen LogP contribution in [0.15, 0.2) is 97.1 Å². The van der Waals surface area contributed by atoms with Gasteiger partial charge in [-0.15, -0.1) is 0 Å². The predicted octanol–water partition coefficient (Wildman–Crippen LogP) is 5.99. The molecule has 1 aliphatic carbocycles. The molecule has 1 atom stereocenters. The first-order valence-electron chi connectivity index (χ1n) is 15.7. The van der Waals surface area contributed by atoms with Gasteiger partial charge in [0.25, 0.3) is 0 Å². The Morgan fingerprint density at radius 2 is 1.15 bits per heavy atom. The number of para-hydroxylation sites is 2. The maximum atomic E-state index is 10.9. The van der Waals surface area contributed by atoms with E-state index >= 15 is 0 Å². The highest BCUT2D eigenvalue weighted by Crippen LogP contribution is 2.55. The Kier molecular flexibility index (Phi) is 10.4. The van der Waals surface area contributed by atoms with Crippen LogP contribution >= 0.6 is 0 Å². The second kappa shape index (κ2) is 15.2. The van der Waals surface area contributed by atoms with Crippen LogP contribution in [0, 0.1) is 0 Å². The van der Waals surface area contributed by atoms with Gasteiger partial charge >= 0.3 is 5.97 Å². The van der Waals surface area contributed by atoms with Crippen molar-refractivity contribution in [3.63, 3.8) is 0 Å². The minimum Gasteiger partial charge on any atom is -0.491 e. The summed E-state index contributed by atoms with van der Waals surface area (Å²) in [7, 11) is 1.65. The van der Waals surface area contributed by atoms with E-state index in [-0.39, 0.29) is 12.6 Å². The fourth-order valence-corrected chi connectivity index (χ4v) is 5.97. The summed E-state index contributed by atoms with van der Waals surface area (Å²) in [6.07, 6.45) is 0. The van der Waals surface area contributed by atoms with Crippen LogP contribution in [0.5, 0.6) is 11.5 Å². The van der Waals surface area contributed by atoms with Crippen LogP contribution in [0.4, 0.5) is 0 Å². The average Bonchev–Trinajstić information content (AvgIpc) is 3.38. The molecule has 0 spiro atoms. The first kappa shape index (κ1) is 32.1. The van der Waals surface area contributed by atoms with Crippen molar-refractivity contribution < 1.29 is 33.2 Å². The molecule has 6 rings (SSSR count). The Bertz CT molecular complexity index is 1790. The lowest BCUT2D eigenvalue weighted by molar-refractivity contribution is -0.142. The number of benzene rings is 4. The second-order valence-corrected chi connectivity index (χ2v) is 11.0. The number of aromatic nitrogens is 2. The Labute approximate surface area is 274 Å². The summed E-state index contributed by atoms with van der Waals surface area (Å²) in [5, 5.41) is 0. The van der Waals surface area contributed by atoms with Crippen molar-refractivity contribution in [2.75, 3.05) is 60.0 Å². The Balaban J connectivity index is 1.32. The van der Waals surface area contributed by atoms with Gasteiger partial charge in [0.05, 0.1) is 60.9 Å².